The van der Waals surface area contributed by atoms with E-state index in [1.165, 1.54) is 6.20 Å². The molecule has 0 N–H and O–H groups in total. The van der Waals surface area contributed by atoms with Crippen LogP contribution in [-0.2, 0) is 11.3 Å². The molecule has 0 unspecified atom stereocenters. The topological polar surface area (TPSA) is 78.1 Å². The van der Waals surface area contributed by atoms with Gasteiger partial charge < -0.3 is 9.26 Å². The smallest absolute Gasteiger partial charge is 0.340 e. The molecule has 2 heterocycles. The molecule has 0 fully saturated rings. The van der Waals surface area contributed by atoms with Gasteiger partial charge in [0.1, 0.15) is 0 Å². The first-order valence-corrected chi connectivity index (χ1v) is 7.66. The molecular weight excluding hydrogens is 386 g/mol. The minimum absolute atomic E-state index is 0.136. The summed E-state index contributed by atoms with van der Waals surface area (Å²) in [7, 11) is 0. The van der Waals surface area contributed by atoms with Crippen LogP contribution in [0.4, 0.5) is 0 Å². The molecule has 0 aliphatic rings. The average Bonchev–Trinajstić information content (AvgIpc) is 3.02. The second-order valence-electron chi connectivity index (χ2n) is 4.46. The van der Waals surface area contributed by atoms with Crippen molar-refractivity contribution in [2.24, 2.45) is 0 Å². The van der Waals surface area contributed by atoms with Crippen molar-refractivity contribution < 1.29 is 14.1 Å². The summed E-state index contributed by atoms with van der Waals surface area (Å²) in [6.45, 7) is -0.136. The Hall–Kier alpha value is -2.25. The molecule has 0 amide bonds. The summed E-state index contributed by atoms with van der Waals surface area (Å²) < 4.78 is 10.9. The molecule has 0 bridgehead atoms. The van der Waals surface area contributed by atoms with Gasteiger partial charge in [0, 0.05) is 22.4 Å². The van der Waals surface area contributed by atoms with Crippen molar-refractivity contribution in [1.82, 2.24) is 15.1 Å². The zero-order valence-electron chi connectivity index (χ0n) is 11.6. The van der Waals surface area contributed by atoms with Crippen LogP contribution < -0.4 is 0 Å². The number of aromatic nitrogens is 3. The van der Waals surface area contributed by atoms with Gasteiger partial charge in [0.15, 0.2) is 6.61 Å². The summed E-state index contributed by atoms with van der Waals surface area (Å²) in [5.74, 6) is -0.0155. The molecule has 2 aromatic heterocycles. The highest BCUT2D eigenvalue weighted by atomic mass is 79.9. The Labute approximate surface area is 144 Å². The van der Waals surface area contributed by atoms with E-state index >= 15 is 0 Å². The number of carbonyl (C=O) groups excluding carboxylic acids is 1. The van der Waals surface area contributed by atoms with Gasteiger partial charge in [-0.1, -0.05) is 28.9 Å². The van der Waals surface area contributed by atoms with Crippen LogP contribution in [0.2, 0.25) is 5.02 Å². The van der Waals surface area contributed by atoms with E-state index in [1.807, 2.05) is 6.07 Å². The SMILES string of the molecule is O=C(OCc1nc(-c2ccccc2Cl)no1)c1cncc(Br)c1. The molecule has 6 nitrogen and oxygen atoms in total. The second kappa shape index (κ2) is 6.89. The van der Waals surface area contributed by atoms with Crippen LogP contribution in [0, 0.1) is 0 Å². The third-order valence-corrected chi connectivity index (χ3v) is 3.61. The van der Waals surface area contributed by atoms with Crippen LogP contribution in [0.1, 0.15) is 16.2 Å². The monoisotopic (exact) mass is 393 g/mol. The van der Waals surface area contributed by atoms with Crippen molar-refractivity contribution in [2.45, 2.75) is 6.61 Å². The molecule has 23 heavy (non-hydrogen) atoms. The number of ether oxygens (including phenoxy) is 1. The van der Waals surface area contributed by atoms with Crippen LogP contribution in [0.3, 0.4) is 0 Å². The first kappa shape index (κ1) is 15.6. The first-order chi connectivity index (χ1) is 11.1. The molecule has 8 heteroatoms. The Morgan fingerprint density at radius 3 is 2.91 bits per heavy atom. The summed E-state index contributed by atoms with van der Waals surface area (Å²) in [5.41, 5.74) is 0.969. The molecule has 0 radical (unpaired) electrons. The molecule has 0 spiro atoms. The van der Waals surface area contributed by atoms with E-state index < -0.39 is 5.97 Å². The van der Waals surface area contributed by atoms with Gasteiger partial charge in [-0.25, -0.2) is 4.79 Å². The van der Waals surface area contributed by atoms with Gasteiger partial charge >= 0.3 is 5.97 Å². The standard InChI is InChI=1S/C15H9BrClN3O3/c16-10-5-9(6-18-7-10)15(21)22-8-13-19-14(20-23-13)11-3-1-2-4-12(11)17/h1-7H,8H2. The van der Waals surface area contributed by atoms with Crippen LogP contribution >= 0.6 is 27.5 Å². The van der Waals surface area contributed by atoms with Gasteiger partial charge in [0.05, 0.1) is 10.6 Å². The Morgan fingerprint density at radius 1 is 1.30 bits per heavy atom. The highest BCUT2D eigenvalue weighted by Gasteiger charge is 2.14. The summed E-state index contributed by atoms with van der Waals surface area (Å²) >= 11 is 9.31. The van der Waals surface area contributed by atoms with E-state index in [-0.39, 0.29) is 12.5 Å². The Morgan fingerprint density at radius 2 is 2.13 bits per heavy atom. The maximum Gasteiger partial charge on any atom is 0.340 e. The van der Waals surface area contributed by atoms with E-state index in [0.717, 1.165) is 0 Å². The molecule has 3 aromatic rings. The molecule has 0 aliphatic carbocycles. The van der Waals surface area contributed by atoms with Gasteiger partial charge in [-0.05, 0) is 34.1 Å². The highest BCUT2D eigenvalue weighted by molar-refractivity contribution is 9.10. The Bertz CT molecular complexity index is 853. The van der Waals surface area contributed by atoms with Crippen molar-refractivity contribution in [2.75, 3.05) is 0 Å². The number of halogens is 2. The zero-order valence-corrected chi connectivity index (χ0v) is 13.9. The van der Waals surface area contributed by atoms with Crippen molar-refractivity contribution in [3.8, 4) is 11.4 Å². The highest BCUT2D eigenvalue weighted by Crippen LogP contribution is 2.25. The second-order valence-corrected chi connectivity index (χ2v) is 5.78. The Balaban J connectivity index is 1.68. The van der Waals surface area contributed by atoms with Crippen molar-refractivity contribution in [3.05, 3.63) is 63.7 Å². The van der Waals surface area contributed by atoms with Gasteiger partial charge in [-0.2, -0.15) is 4.98 Å². The van der Waals surface area contributed by atoms with Gasteiger partial charge in [0.25, 0.3) is 5.89 Å². The van der Waals surface area contributed by atoms with Gasteiger partial charge in [-0.3, -0.25) is 4.98 Å². The van der Waals surface area contributed by atoms with E-state index in [2.05, 4.69) is 31.1 Å². The van der Waals surface area contributed by atoms with E-state index in [4.69, 9.17) is 20.9 Å². The number of rotatable bonds is 4. The van der Waals surface area contributed by atoms with E-state index in [9.17, 15) is 4.79 Å². The Kier molecular flexibility index (Phi) is 4.68. The number of hydrogen-bond acceptors (Lipinski definition) is 6. The molecule has 0 aliphatic heterocycles. The minimum Gasteiger partial charge on any atom is -0.452 e. The average molecular weight is 395 g/mol. The van der Waals surface area contributed by atoms with Crippen LogP contribution in [0.15, 0.2) is 51.7 Å². The van der Waals surface area contributed by atoms with Crippen LogP contribution in [0.25, 0.3) is 11.4 Å². The third kappa shape index (κ3) is 3.75. The quantitative estimate of drug-likeness (QED) is 0.624. The van der Waals surface area contributed by atoms with Crippen molar-refractivity contribution in [1.29, 1.82) is 0 Å². The van der Waals surface area contributed by atoms with E-state index in [1.54, 1.807) is 30.5 Å². The summed E-state index contributed by atoms with van der Waals surface area (Å²) in [5, 5.41) is 4.34. The number of benzene rings is 1. The summed E-state index contributed by atoms with van der Waals surface area (Å²) in [6.07, 6.45) is 2.99. The molecule has 0 atom stereocenters. The molecule has 116 valence electrons. The van der Waals surface area contributed by atoms with Crippen LogP contribution in [-0.4, -0.2) is 21.1 Å². The first-order valence-electron chi connectivity index (χ1n) is 6.48. The maximum atomic E-state index is 11.9. The normalized spacial score (nSPS) is 10.5. The lowest BCUT2D eigenvalue weighted by molar-refractivity contribution is 0.0429. The fourth-order valence-electron chi connectivity index (χ4n) is 1.80. The molecule has 0 saturated carbocycles. The fraction of sp³-hybridized carbons (Fsp3) is 0.0667. The summed E-state index contributed by atoms with van der Waals surface area (Å²) in [6, 6.07) is 8.74. The number of carbonyl (C=O) groups is 1. The molecule has 1 aromatic carbocycles. The van der Waals surface area contributed by atoms with Crippen molar-refractivity contribution in [3.63, 3.8) is 0 Å². The third-order valence-electron chi connectivity index (χ3n) is 2.85. The van der Waals surface area contributed by atoms with Gasteiger partial charge in [0.2, 0.25) is 5.82 Å². The predicted octanol–water partition coefficient (Wildman–Crippen LogP) is 3.90. The number of nitrogens with zero attached hydrogens (tertiary/aromatic N) is 3. The molecule has 3 rings (SSSR count). The lowest BCUT2D eigenvalue weighted by atomic mass is 10.2. The zero-order chi connectivity index (χ0) is 16.2. The summed E-state index contributed by atoms with van der Waals surface area (Å²) in [4.78, 5) is 20.0. The van der Waals surface area contributed by atoms with Crippen molar-refractivity contribution >= 4 is 33.5 Å². The molecular formula is C15H9BrClN3O3. The number of hydrogen-bond donors (Lipinski definition) is 0. The lowest BCUT2D eigenvalue weighted by Gasteiger charge is -2.01. The number of esters is 1. The minimum atomic E-state index is -0.531. The fourth-order valence-corrected chi connectivity index (χ4v) is 2.38. The maximum absolute atomic E-state index is 11.9. The van der Waals surface area contributed by atoms with Gasteiger partial charge in [-0.15, -0.1) is 0 Å². The number of pyridine rings is 1. The van der Waals surface area contributed by atoms with Crippen LogP contribution in [0.5, 0.6) is 0 Å². The largest absolute Gasteiger partial charge is 0.452 e. The lowest BCUT2D eigenvalue weighted by Crippen LogP contribution is -2.05. The predicted molar refractivity (Wildman–Crippen MR) is 85.8 cm³/mol. The van der Waals surface area contributed by atoms with E-state index in [0.29, 0.717) is 26.4 Å². The molecule has 0 saturated heterocycles.